The summed E-state index contributed by atoms with van der Waals surface area (Å²) in [5.41, 5.74) is 11.0. The summed E-state index contributed by atoms with van der Waals surface area (Å²) in [6.45, 7) is 5.06. The zero-order valence-corrected chi connectivity index (χ0v) is 16.0. The number of likely N-dealkylation sites (N-methyl/N-ethyl adjacent to an activating group) is 1. The Bertz CT molecular complexity index is 710. The van der Waals surface area contributed by atoms with Crippen LogP contribution in [0.1, 0.15) is 42.5 Å². The topological polar surface area (TPSA) is 45.1 Å². The Morgan fingerprint density at radius 1 is 1.15 bits per heavy atom. The predicted octanol–water partition coefficient (Wildman–Crippen LogP) is 2.71. The van der Waals surface area contributed by atoms with Crippen LogP contribution in [0, 0.1) is 12.8 Å². The van der Waals surface area contributed by atoms with E-state index in [0.717, 1.165) is 25.6 Å². The highest BCUT2D eigenvalue weighted by atomic mass is 15.4. The lowest BCUT2D eigenvalue weighted by atomic mass is 9.81. The summed E-state index contributed by atoms with van der Waals surface area (Å²) in [7, 11) is 2.23. The third-order valence-corrected chi connectivity index (χ3v) is 6.12. The molecule has 3 unspecified atom stereocenters. The number of hydrogen-bond acceptors (Lipinski definition) is 4. The number of hydrazine groups is 1. The van der Waals surface area contributed by atoms with Crippen LogP contribution in [0.15, 0.2) is 36.5 Å². The average Bonchev–Trinajstić information content (AvgIpc) is 3.21. The third kappa shape index (κ3) is 3.85. The first-order valence-corrected chi connectivity index (χ1v) is 9.95. The number of nitrogens with zero attached hydrogens (tertiary/aromatic N) is 3. The summed E-state index contributed by atoms with van der Waals surface area (Å²) in [5.74, 6) is 0.785. The molecule has 1 saturated heterocycles. The molecule has 5 nitrogen and oxygen atoms in total. The van der Waals surface area contributed by atoms with Crippen LogP contribution in [-0.2, 0) is 13.1 Å². The molecule has 1 aromatic heterocycles. The number of nitrogens with one attached hydrogen (secondary N) is 2. The lowest BCUT2D eigenvalue weighted by Gasteiger charge is -2.29. The molecule has 1 aliphatic carbocycles. The zero-order chi connectivity index (χ0) is 17.9. The Morgan fingerprint density at radius 2 is 1.96 bits per heavy atom. The maximum atomic E-state index is 4.62. The Labute approximate surface area is 156 Å². The van der Waals surface area contributed by atoms with Crippen molar-refractivity contribution in [3.05, 3.63) is 53.3 Å². The molecule has 2 N–H and O–H groups in total. The fourth-order valence-corrected chi connectivity index (χ4v) is 4.57. The molecule has 2 heterocycles. The fraction of sp³-hybridized carbons (Fsp3) is 0.571. The van der Waals surface area contributed by atoms with E-state index < -0.39 is 0 Å². The second-order valence-corrected chi connectivity index (χ2v) is 8.05. The van der Waals surface area contributed by atoms with Crippen LogP contribution in [0.5, 0.6) is 0 Å². The van der Waals surface area contributed by atoms with Gasteiger partial charge >= 0.3 is 0 Å². The van der Waals surface area contributed by atoms with Crippen molar-refractivity contribution >= 4 is 0 Å². The average molecular weight is 354 g/mol. The zero-order valence-electron chi connectivity index (χ0n) is 16.0. The summed E-state index contributed by atoms with van der Waals surface area (Å²) in [6, 6.07) is 11.8. The van der Waals surface area contributed by atoms with Gasteiger partial charge in [-0.15, -0.1) is 0 Å². The first-order valence-electron chi connectivity index (χ1n) is 9.95. The van der Waals surface area contributed by atoms with Gasteiger partial charge in [0.1, 0.15) is 0 Å². The van der Waals surface area contributed by atoms with Gasteiger partial charge in [0.15, 0.2) is 0 Å². The van der Waals surface area contributed by atoms with Crippen LogP contribution in [0.4, 0.5) is 0 Å². The molecule has 2 fully saturated rings. The van der Waals surface area contributed by atoms with Crippen molar-refractivity contribution in [3.8, 4) is 0 Å². The molecule has 5 heteroatoms. The van der Waals surface area contributed by atoms with Gasteiger partial charge in [0, 0.05) is 36.4 Å². The van der Waals surface area contributed by atoms with Crippen molar-refractivity contribution < 1.29 is 0 Å². The van der Waals surface area contributed by atoms with E-state index in [9.17, 15) is 0 Å². The lowest BCUT2D eigenvalue weighted by Crippen LogP contribution is -2.41. The molecule has 1 aromatic carbocycles. The van der Waals surface area contributed by atoms with E-state index in [1.165, 1.54) is 42.5 Å². The molecule has 0 spiro atoms. The summed E-state index contributed by atoms with van der Waals surface area (Å²) >= 11 is 0. The van der Waals surface area contributed by atoms with Gasteiger partial charge in [-0.25, -0.2) is 0 Å². The van der Waals surface area contributed by atoms with Gasteiger partial charge in [-0.3, -0.25) is 15.5 Å². The van der Waals surface area contributed by atoms with E-state index in [1.807, 2.05) is 6.20 Å². The lowest BCUT2D eigenvalue weighted by molar-refractivity contribution is 0.237. The van der Waals surface area contributed by atoms with E-state index in [0.29, 0.717) is 12.1 Å². The van der Waals surface area contributed by atoms with Crippen LogP contribution in [0.2, 0.25) is 0 Å². The molecular formula is C21H31N5. The van der Waals surface area contributed by atoms with Crippen LogP contribution in [0.25, 0.3) is 0 Å². The van der Waals surface area contributed by atoms with E-state index >= 15 is 0 Å². The molecule has 140 valence electrons. The second kappa shape index (κ2) is 7.91. The Hall–Kier alpha value is -1.69. The van der Waals surface area contributed by atoms with Crippen molar-refractivity contribution in [1.29, 1.82) is 0 Å². The summed E-state index contributed by atoms with van der Waals surface area (Å²) in [4.78, 5) is 2.44. The van der Waals surface area contributed by atoms with Gasteiger partial charge < -0.3 is 4.90 Å². The van der Waals surface area contributed by atoms with Crippen LogP contribution >= 0.6 is 0 Å². The summed E-state index contributed by atoms with van der Waals surface area (Å²) < 4.78 is 2.12. The molecule has 3 atom stereocenters. The van der Waals surface area contributed by atoms with Crippen molar-refractivity contribution in [2.24, 2.45) is 5.92 Å². The molecule has 0 bridgehead atoms. The molecule has 4 rings (SSSR count). The summed E-state index contributed by atoms with van der Waals surface area (Å²) in [5, 5.41) is 4.62. The Balaban J connectivity index is 1.35. The van der Waals surface area contributed by atoms with Crippen molar-refractivity contribution in [3.63, 3.8) is 0 Å². The van der Waals surface area contributed by atoms with Crippen LogP contribution in [0.3, 0.4) is 0 Å². The normalized spacial score (nSPS) is 25.6. The Kier molecular flexibility index (Phi) is 5.38. The number of benzene rings is 1. The minimum absolute atomic E-state index is 0.560. The van der Waals surface area contributed by atoms with Gasteiger partial charge in [-0.05, 0) is 38.3 Å². The number of hydrogen-bond donors (Lipinski definition) is 2. The third-order valence-electron chi connectivity index (χ3n) is 6.12. The molecule has 0 radical (unpaired) electrons. The van der Waals surface area contributed by atoms with Gasteiger partial charge in [0.2, 0.25) is 0 Å². The second-order valence-electron chi connectivity index (χ2n) is 8.05. The fourth-order valence-electron chi connectivity index (χ4n) is 4.57. The highest BCUT2D eigenvalue weighted by Crippen LogP contribution is 2.30. The standard InChI is InChI=1S/C21H31N5/c1-16-18(12-22-26(16)13-17-8-4-3-5-9-17)14-25(2)15-21-19-10-6-7-11-20(19)23-24-21/h3-5,8-9,12,19-21,23-24H,6-7,10-11,13-15H2,1-2H3. The monoisotopic (exact) mass is 353 g/mol. The van der Waals surface area contributed by atoms with Gasteiger partial charge in [0.25, 0.3) is 0 Å². The first kappa shape index (κ1) is 17.7. The van der Waals surface area contributed by atoms with Crippen molar-refractivity contribution in [2.75, 3.05) is 13.6 Å². The number of aromatic nitrogens is 2. The van der Waals surface area contributed by atoms with E-state index in [2.05, 4.69) is 69.8 Å². The summed E-state index contributed by atoms with van der Waals surface area (Å²) in [6.07, 6.45) is 7.48. The SMILES string of the molecule is Cc1c(CN(C)CC2NNC3CCCCC32)cnn1Cc1ccccc1. The van der Waals surface area contributed by atoms with E-state index in [-0.39, 0.29) is 0 Å². The largest absolute Gasteiger partial charge is 0.300 e. The van der Waals surface area contributed by atoms with Gasteiger partial charge in [-0.1, -0.05) is 43.2 Å². The molecular weight excluding hydrogens is 322 g/mol. The smallest absolute Gasteiger partial charge is 0.0662 e. The van der Waals surface area contributed by atoms with Gasteiger partial charge in [0.05, 0.1) is 12.7 Å². The molecule has 2 aromatic rings. The highest BCUT2D eigenvalue weighted by Gasteiger charge is 2.37. The molecule has 1 saturated carbocycles. The Morgan fingerprint density at radius 3 is 2.81 bits per heavy atom. The number of fused-ring (bicyclic) bond motifs is 1. The predicted molar refractivity (Wildman–Crippen MR) is 105 cm³/mol. The van der Waals surface area contributed by atoms with Gasteiger partial charge in [-0.2, -0.15) is 5.10 Å². The maximum absolute atomic E-state index is 4.62. The molecule has 26 heavy (non-hydrogen) atoms. The minimum Gasteiger partial charge on any atom is -0.300 e. The maximum Gasteiger partial charge on any atom is 0.0662 e. The van der Waals surface area contributed by atoms with E-state index in [4.69, 9.17) is 0 Å². The minimum atomic E-state index is 0.560. The first-order chi connectivity index (χ1) is 12.7. The molecule has 2 aliphatic rings. The van der Waals surface area contributed by atoms with Crippen molar-refractivity contribution in [2.45, 2.75) is 57.8 Å². The molecule has 0 amide bonds. The van der Waals surface area contributed by atoms with E-state index in [1.54, 1.807) is 0 Å². The number of rotatable bonds is 6. The molecule has 1 aliphatic heterocycles. The van der Waals surface area contributed by atoms with Crippen molar-refractivity contribution in [1.82, 2.24) is 25.5 Å². The quantitative estimate of drug-likeness (QED) is 0.838. The van der Waals surface area contributed by atoms with Crippen LogP contribution in [-0.4, -0.2) is 40.4 Å². The van der Waals surface area contributed by atoms with Crippen LogP contribution < -0.4 is 10.9 Å². The highest BCUT2D eigenvalue weighted by molar-refractivity contribution is 5.20.